The van der Waals surface area contributed by atoms with Gasteiger partial charge in [-0.15, -0.1) is 0 Å². The van der Waals surface area contributed by atoms with Gasteiger partial charge >= 0.3 is 0 Å². The van der Waals surface area contributed by atoms with Gasteiger partial charge in [-0.1, -0.05) is 48.5 Å². The lowest BCUT2D eigenvalue weighted by Crippen LogP contribution is -2.40. The molecule has 0 aliphatic rings. The maximum absolute atomic E-state index is 13.5. The number of aldehydes is 1. The Bertz CT molecular complexity index is 646. The molecule has 0 bridgehead atoms. The zero-order valence-corrected chi connectivity index (χ0v) is 12.6. The Hall–Kier alpha value is -2.53. The van der Waals surface area contributed by atoms with Gasteiger partial charge in [0, 0.05) is 0 Å². The van der Waals surface area contributed by atoms with E-state index in [4.69, 9.17) is 4.74 Å². The molecule has 23 heavy (non-hydrogen) atoms. The molecule has 0 heterocycles. The van der Waals surface area contributed by atoms with Crippen LogP contribution in [0, 0.1) is 5.82 Å². The highest BCUT2D eigenvalue weighted by molar-refractivity contribution is 5.81. The standard InChI is InChI=1S/C18H18FNO3/c19-17-9-5-4-8-15(17)10-18(22)20-16(11-21)13-23-12-14-6-2-1-3-7-14/h1-9,11,16H,10,12-13H2,(H,20,22). The van der Waals surface area contributed by atoms with Crippen LogP contribution in [0.1, 0.15) is 11.1 Å². The third-order valence-electron chi connectivity index (χ3n) is 3.23. The zero-order valence-electron chi connectivity index (χ0n) is 12.6. The van der Waals surface area contributed by atoms with Crippen molar-refractivity contribution in [1.29, 1.82) is 0 Å². The van der Waals surface area contributed by atoms with E-state index in [0.29, 0.717) is 18.5 Å². The largest absolute Gasteiger partial charge is 0.374 e. The monoisotopic (exact) mass is 315 g/mol. The van der Waals surface area contributed by atoms with Crippen molar-refractivity contribution >= 4 is 12.2 Å². The summed E-state index contributed by atoms with van der Waals surface area (Å²) in [5, 5.41) is 2.53. The van der Waals surface area contributed by atoms with Crippen LogP contribution < -0.4 is 5.32 Å². The second-order valence-electron chi connectivity index (χ2n) is 5.08. The second kappa shape index (κ2) is 8.80. The fraction of sp³-hybridized carbons (Fsp3) is 0.222. The van der Waals surface area contributed by atoms with E-state index in [1.54, 1.807) is 12.1 Å². The molecule has 0 saturated heterocycles. The van der Waals surface area contributed by atoms with Crippen LogP contribution in [0.4, 0.5) is 4.39 Å². The fourth-order valence-electron chi connectivity index (χ4n) is 2.07. The lowest BCUT2D eigenvalue weighted by atomic mass is 10.1. The number of halogens is 1. The van der Waals surface area contributed by atoms with Crippen LogP contribution in [0.2, 0.25) is 0 Å². The first-order valence-corrected chi connectivity index (χ1v) is 7.29. The van der Waals surface area contributed by atoms with Crippen molar-refractivity contribution in [2.75, 3.05) is 6.61 Å². The molecule has 0 fully saturated rings. The molecule has 5 heteroatoms. The van der Waals surface area contributed by atoms with Crippen LogP contribution in [-0.2, 0) is 27.4 Å². The molecular formula is C18H18FNO3. The molecule has 0 aliphatic carbocycles. The Morgan fingerprint density at radius 3 is 2.52 bits per heavy atom. The average molecular weight is 315 g/mol. The lowest BCUT2D eigenvalue weighted by molar-refractivity contribution is -0.124. The topological polar surface area (TPSA) is 55.4 Å². The van der Waals surface area contributed by atoms with Crippen LogP contribution in [0.5, 0.6) is 0 Å². The number of ether oxygens (including phenoxy) is 1. The molecule has 0 spiro atoms. The van der Waals surface area contributed by atoms with Crippen molar-refractivity contribution in [3.63, 3.8) is 0 Å². The molecule has 1 amide bonds. The van der Waals surface area contributed by atoms with Crippen LogP contribution in [0.25, 0.3) is 0 Å². The normalized spacial score (nSPS) is 11.7. The number of carbonyl (C=O) groups is 2. The Balaban J connectivity index is 1.78. The van der Waals surface area contributed by atoms with E-state index in [0.717, 1.165) is 5.56 Å². The number of rotatable bonds is 8. The lowest BCUT2D eigenvalue weighted by Gasteiger charge is -2.13. The predicted molar refractivity (Wildman–Crippen MR) is 84.2 cm³/mol. The quantitative estimate of drug-likeness (QED) is 0.760. The number of carbonyl (C=O) groups excluding carboxylic acids is 2. The van der Waals surface area contributed by atoms with Crippen LogP contribution >= 0.6 is 0 Å². The summed E-state index contributed by atoms with van der Waals surface area (Å²) in [4.78, 5) is 22.9. The minimum atomic E-state index is -0.752. The first-order valence-electron chi connectivity index (χ1n) is 7.29. The summed E-state index contributed by atoms with van der Waals surface area (Å²) in [6, 6.07) is 14.8. The summed E-state index contributed by atoms with van der Waals surface area (Å²) >= 11 is 0. The van der Waals surface area contributed by atoms with E-state index in [1.807, 2.05) is 30.3 Å². The number of nitrogens with one attached hydrogen (secondary N) is 1. The SMILES string of the molecule is O=CC(COCc1ccccc1)NC(=O)Cc1ccccc1F. The molecular weight excluding hydrogens is 297 g/mol. The summed E-state index contributed by atoms with van der Waals surface area (Å²) in [7, 11) is 0. The average Bonchev–Trinajstić information content (AvgIpc) is 2.57. The Labute approximate surface area is 134 Å². The van der Waals surface area contributed by atoms with E-state index in [2.05, 4.69) is 5.32 Å². The molecule has 1 atom stereocenters. The maximum Gasteiger partial charge on any atom is 0.225 e. The van der Waals surface area contributed by atoms with Gasteiger partial charge in [0.25, 0.3) is 0 Å². The number of amides is 1. The predicted octanol–water partition coefficient (Wildman–Crippen LogP) is 2.27. The molecule has 0 radical (unpaired) electrons. The van der Waals surface area contributed by atoms with E-state index < -0.39 is 17.8 Å². The number of hydrogen-bond donors (Lipinski definition) is 1. The summed E-state index contributed by atoms with van der Waals surface area (Å²) < 4.78 is 18.9. The Kier molecular flexibility index (Phi) is 6.44. The van der Waals surface area contributed by atoms with Crippen molar-refractivity contribution < 1.29 is 18.7 Å². The van der Waals surface area contributed by atoms with Gasteiger partial charge in [0.2, 0.25) is 5.91 Å². The molecule has 120 valence electrons. The minimum Gasteiger partial charge on any atom is -0.374 e. The zero-order chi connectivity index (χ0) is 16.5. The van der Waals surface area contributed by atoms with Gasteiger partial charge in [0.05, 0.1) is 19.6 Å². The highest BCUT2D eigenvalue weighted by atomic mass is 19.1. The van der Waals surface area contributed by atoms with Crippen LogP contribution in [0.3, 0.4) is 0 Å². The van der Waals surface area contributed by atoms with Crippen LogP contribution in [-0.4, -0.2) is 24.8 Å². The van der Waals surface area contributed by atoms with Crippen molar-refractivity contribution in [1.82, 2.24) is 5.32 Å². The molecule has 1 N–H and O–H groups in total. The smallest absolute Gasteiger partial charge is 0.225 e. The molecule has 2 aromatic carbocycles. The molecule has 1 unspecified atom stereocenters. The molecule has 2 aromatic rings. The Morgan fingerprint density at radius 2 is 1.83 bits per heavy atom. The van der Waals surface area contributed by atoms with Gasteiger partial charge in [-0.3, -0.25) is 4.79 Å². The molecule has 4 nitrogen and oxygen atoms in total. The van der Waals surface area contributed by atoms with Gasteiger partial charge in [-0.25, -0.2) is 4.39 Å². The molecule has 2 rings (SSSR count). The second-order valence-corrected chi connectivity index (χ2v) is 5.08. The van der Waals surface area contributed by atoms with E-state index in [-0.39, 0.29) is 13.0 Å². The Morgan fingerprint density at radius 1 is 1.13 bits per heavy atom. The van der Waals surface area contributed by atoms with Gasteiger partial charge in [0.15, 0.2) is 0 Å². The minimum absolute atomic E-state index is 0.0708. The third kappa shape index (κ3) is 5.64. The van der Waals surface area contributed by atoms with Gasteiger partial charge in [-0.2, -0.15) is 0 Å². The van der Waals surface area contributed by atoms with Crippen molar-refractivity contribution in [2.24, 2.45) is 0 Å². The molecule has 0 aliphatic heterocycles. The van der Waals surface area contributed by atoms with E-state index >= 15 is 0 Å². The van der Waals surface area contributed by atoms with E-state index in [9.17, 15) is 14.0 Å². The summed E-state index contributed by atoms with van der Waals surface area (Å²) in [5.41, 5.74) is 1.27. The number of hydrogen-bond acceptors (Lipinski definition) is 3. The van der Waals surface area contributed by atoms with Crippen molar-refractivity contribution in [3.05, 3.63) is 71.5 Å². The van der Waals surface area contributed by atoms with Crippen molar-refractivity contribution in [3.8, 4) is 0 Å². The van der Waals surface area contributed by atoms with Gasteiger partial charge in [-0.05, 0) is 17.2 Å². The first kappa shape index (κ1) is 16.8. The molecule has 0 aromatic heterocycles. The number of benzene rings is 2. The van der Waals surface area contributed by atoms with Crippen LogP contribution in [0.15, 0.2) is 54.6 Å². The maximum atomic E-state index is 13.5. The summed E-state index contributed by atoms with van der Waals surface area (Å²) in [6.45, 7) is 0.426. The van der Waals surface area contributed by atoms with Gasteiger partial charge in [0.1, 0.15) is 18.1 Å². The highest BCUT2D eigenvalue weighted by Crippen LogP contribution is 2.07. The molecule has 0 saturated carbocycles. The fourth-order valence-corrected chi connectivity index (χ4v) is 2.07. The van der Waals surface area contributed by atoms with Gasteiger partial charge < -0.3 is 14.8 Å². The first-order chi connectivity index (χ1) is 11.2. The van der Waals surface area contributed by atoms with Crippen molar-refractivity contribution in [2.45, 2.75) is 19.1 Å². The highest BCUT2D eigenvalue weighted by Gasteiger charge is 2.13. The third-order valence-corrected chi connectivity index (χ3v) is 3.23. The summed E-state index contributed by atoms with van der Waals surface area (Å²) in [5.74, 6) is -0.860. The van der Waals surface area contributed by atoms with E-state index in [1.165, 1.54) is 12.1 Å². The summed E-state index contributed by atoms with van der Waals surface area (Å²) in [6.07, 6.45) is 0.500.